The molecule has 0 radical (unpaired) electrons. The molecule has 0 aliphatic heterocycles. The van der Waals surface area contributed by atoms with E-state index in [1.807, 2.05) is 37.3 Å². The zero-order chi connectivity index (χ0) is 15.7. The molecule has 0 heterocycles. The molecule has 1 N–H and O–H groups in total. The third-order valence-corrected chi connectivity index (χ3v) is 3.86. The molecule has 1 aliphatic carbocycles. The predicted octanol–water partition coefficient (Wildman–Crippen LogP) is 4.73. The summed E-state index contributed by atoms with van der Waals surface area (Å²) in [7, 11) is 0. The molecule has 0 spiro atoms. The summed E-state index contributed by atoms with van der Waals surface area (Å²) in [4.78, 5) is 12.4. The number of carbonyl (C=O) groups is 1. The molecule has 0 bridgehead atoms. The van der Waals surface area contributed by atoms with E-state index in [0.29, 0.717) is 16.7 Å². The van der Waals surface area contributed by atoms with Crippen molar-refractivity contribution in [1.29, 1.82) is 0 Å². The highest BCUT2D eigenvalue weighted by Gasteiger charge is 2.29. The van der Waals surface area contributed by atoms with Crippen LogP contribution in [0, 0.1) is 6.92 Å². The van der Waals surface area contributed by atoms with Crippen molar-refractivity contribution in [3.8, 4) is 0 Å². The summed E-state index contributed by atoms with van der Waals surface area (Å²) in [5.74, 6) is -0.160. The van der Waals surface area contributed by atoms with Crippen LogP contribution in [0.15, 0.2) is 72.3 Å². The fourth-order valence-electron chi connectivity index (χ4n) is 2.61. The minimum atomic E-state index is -0.174. The summed E-state index contributed by atoms with van der Waals surface area (Å²) in [6, 6.07) is 15.0. The Kier molecular flexibility index (Phi) is 3.51. The van der Waals surface area contributed by atoms with Crippen LogP contribution in [0.4, 0.5) is 0 Å². The number of carbonyl (C=O) groups excluding carboxylic acids is 1. The van der Waals surface area contributed by atoms with E-state index in [1.54, 1.807) is 30.3 Å². The summed E-state index contributed by atoms with van der Waals surface area (Å²) in [5.41, 5.74) is 4.11. The molecule has 0 aromatic heterocycles. The van der Waals surface area contributed by atoms with Gasteiger partial charge in [0.15, 0.2) is 5.78 Å². The molecule has 0 atom stereocenters. The average molecular weight is 288 g/mol. The van der Waals surface area contributed by atoms with Crippen LogP contribution in [0.1, 0.15) is 27.0 Å². The Bertz CT molecular complexity index is 838. The van der Waals surface area contributed by atoms with Gasteiger partial charge in [-0.3, -0.25) is 4.79 Å². The predicted molar refractivity (Wildman–Crippen MR) is 89.7 cm³/mol. The number of benzene rings is 2. The molecule has 2 aromatic rings. The Hall–Kier alpha value is -2.87. The fraction of sp³-hybridized carbons (Fsp3) is 0.0500. The highest BCUT2D eigenvalue weighted by molar-refractivity contribution is 6.22. The van der Waals surface area contributed by atoms with E-state index in [4.69, 9.17) is 0 Å². The van der Waals surface area contributed by atoms with Gasteiger partial charge < -0.3 is 5.11 Å². The summed E-state index contributed by atoms with van der Waals surface area (Å²) >= 11 is 0. The van der Waals surface area contributed by atoms with Crippen LogP contribution in [0.5, 0.6) is 0 Å². The van der Waals surface area contributed by atoms with Crippen LogP contribution < -0.4 is 0 Å². The van der Waals surface area contributed by atoms with E-state index in [1.165, 1.54) is 0 Å². The van der Waals surface area contributed by atoms with E-state index < -0.39 is 0 Å². The van der Waals surface area contributed by atoms with Crippen LogP contribution in [0.2, 0.25) is 0 Å². The number of hydrogen-bond acceptors (Lipinski definition) is 2. The third kappa shape index (κ3) is 2.29. The molecule has 0 saturated heterocycles. The number of ketones is 1. The molecule has 3 rings (SSSR count). The van der Waals surface area contributed by atoms with Gasteiger partial charge in [-0.1, -0.05) is 67.3 Å². The molecule has 0 unspecified atom stereocenters. The zero-order valence-corrected chi connectivity index (χ0v) is 12.3. The maximum Gasteiger partial charge on any atom is 0.198 e. The van der Waals surface area contributed by atoms with Gasteiger partial charge in [0.1, 0.15) is 5.76 Å². The van der Waals surface area contributed by atoms with Gasteiger partial charge in [0.2, 0.25) is 0 Å². The standard InChI is InChI=1S/C20H16O2/c1-13-7-3-4-8-15(13)12-11-14(2)18-19(21)16-9-5-6-10-17(16)20(18)22/h3-12,21H,2H2,1H3/b12-11-. The Morgan fingerprint density at radius 2 is 1.68 bits per heavy atom. The van der Waals surface area contributed by atoms with Crippen molar-refractivity contribution >= 4 is 17.6 Å². The van der Waals surface area contributed by atoms with Crippen LogP contribution in [-0.2, 0) is 0 Å². The van der Waals surface area contributed by atoms with Gasteiger partial charge in [0.05, 0.1) is 5.57 Å². The van der Waals surface area contributed by atoms with Crippen molar-refractivity contribution in [2.24, 2.45) is 0 Å². The molecule has 22 heavy (non-hydrogen) atoms. The van der Waals surface area contributed by atoms with Gasteiger partial charge in [-0.25, -0.2) is 0 Å². The van der Waals surface area contributed by atoms with Gasteiger partial charge in [0.25, 0.3) is 0 Å². The second-order valence-corrected chi connectivity index (χ2v) is 5.31. The summed E-state index contributed by atoms with van der Waals surface area (Å²) in [5, 5.41) is 10.3. The van der Waals surface area contributed by atoms with Gasteiger partial charge in [-0.05, 0) is 23.6 Å². The summed E-state index contributed by atoms with van der Waals surface area (Å²) in [6.45, 7) is 5.96. The zero-order valence-electron chi connectivity index (χ0n) is 12.3. The first-order valence-electron chi connectivity index (χ1n) is 7.10. The van der Waals surface area contributed by atoms with Crippen molar-refractivity contribution in [2.75, 3.05) is 0 Å². The molecule has 2 heteroatoms. The molecule has 1 aliphatic rings. The SMILES string of the molecule is C=C(/C=C\c1ccccc1C)C1=C(O)c2ccccc2C1=O. The van der Waals surface area contributed by atoms with Crippen LogP contribution >= 0.6 is 0 Å². The second-order valence-electron chi connectivity index (χ2n) is 5.31. The Labute approximate surface area is 129 Å². The van der Waals surface area contributed by atoms with Crippen LogP contribution in [-0.4, -0.2) is 10.9 Å². The topological polar surface area (TPSA) is 37.3 Å². The molecule has 2 nitrogen and oxygen atoms in total. The average Bonchev–Trinajstić information content (AvgIpc) is 2.78. The second kappa shape index (κ2) is 5.49. The van der Waals surface area contributed by atoms with Gasteiger partial charge in [0, 0.05) is 11.1 Å². The largest absolute Gasteiger partial charge is 0.507 e. The molecular formula is C20H16O2. The molecular weight excluding hydrogens is 272 g/mol. The van der Waals surface area contributed by atoms with E-state index in [9.17, 15) is 9.90 Å². The van der Waals surface area contributed by atoms with Crippen molar-refractivity contribution < 1.29 is 9.90 Å². The maximum absolute atomic E-state index is 12.4. The number of hydrogen-bond donors (Lipinski definition) is 1. The van der Waals surface area contributed by atoms with E-state index >= 15 is 0 Å². The normalized spacial score (nSPS) is 13.8. The van der Waals surface area contributed by atoms with Crippen LogP contribution in [0.3, 0.4) is 0 Å². The number of allylic oxidation sites excluding steroid dienone is 3. The lowest BCUT2D eigenvalue weighted by molar-refractivity contribution is 0.104. The monoisotopic (exact) mass is 288 g/mol. The van der Waals surface area contributed by atoms with Gasteiger partial charge in [-0.15, -0.1) is 0 Å². The lowest BCUT2D eigenvalue weighted by Gasteiger charge is -2.02. The third-order valence-electron chi connectivity index (χ3n) is 3.86. The molecule has 0 amide bonds. The minimum absolute atomic E-state index is 0.0139. The highest BCUT2D eigenvalue weighted by Crippen LogP contribution is 2.34. The number of fused-ring (bicyclic) bond motifs is 1. The number of aliphatic hydroxyl groups excluding tert-OH is 1. The lowest BCUT2D eigenvalue weighted by atomic mass is 10.0. The quantitative estimate of drug-likeness (QED) is 0.829. The first kappa shape index (κ1) is 14.1. The lowest BCUT2D eigenvalue weighted by Crippen LogP contribution is -1.99. The van der Waals surface area contributed by atoms with Crippen molar-refractivity contribution in [2.45, 2.75) is 6.92 Å². The minimum Gasteiger partial charge on any atom is -0.507 e. The summed E-state index contributed by atoms with van der Waals surface area (Å²) < 4.78 is 0. The summed E-state index contributed by atoms with van der Waals surface area (Å²) in [6.07, 6.45) is 3.69. The van der Waals surface area contributed by atoms with E-state index in [2.05, 4.69) is 6.58 Å². The first-order chi connectivity index (χ1) is 10.6. The van der Waals surface area contributed by atoms with Crippen molar-refractivity contribution in [3.63, 3.8) is 0 Å². The molecule has 108 valence electrons. The van der Waals surface area contributed by atoms with Crippen molar-refractivity contribution in [3.05, 3.63) is 94.6 Å². The number of aliphatic hydroxyl groups is 1. The Balaban J connectivity index is 1.93. The van der Waals surface area contributed by atoms with Gasteiger partial charge >= 0.3 is 0 Å². The smallest absolute Gasteiger partial charge is 0.198 e. The first-order valence-corrected chi connectivity index (χ1v) is 7.10. The highest BCUT2D eigenvalue weighted by atomic mass is 16.3. The van der Waals surface area contributed by atoms with Crippen molar-refractivity contribution in [1.82, 2.24) is 0 Å². The molecule has 0 saturated carbocycles. The molecule has 2 aromatic carbocycles. The Morgan fingerprint density at radius 3 is 2.36 bits per heavy atom. The van der Waals surface area contributed by atoms with Crippen LogP contribution in [0.25, 0.3) is 11.8 Å². The fourth-order valence-corrected chi connectivity index (χ4v) is 2.61. The van der Waals surface area contributed by atoms with Gasteiger partial charge in [-0.2, -0.15) is 0 Å². The number of aryl methyl sites for hydroxylation is 1. The Morgan fingerprint density at radius 1 is 1.05 bits per heavy atom. The number of Topliss-reactive ketones (excluding diaryl/α,β-unsaturated/α-hetero) is 1. The maximum atomic E-state index is 12.4. The number of rotatable bonds is 3. The van der Waals surface area contributed by atoms with E-state index in [-0.39, 0.29) is 17.1 Å². The molecule has 0 fully saturated rings. The van der Waals surface area contributed by atoms with E-state index in [0.717, 1.165) is 11.1 Å².